The molecule has 0 spiro atoms. The van der Waals surface area contributed by atoms with Crippen LogP contribution in [0, 0.1) is 0 Å². The second-order valence-electron chi connectivity index (χ2n) is 2.24. The summed E-state index contributed by atoms with van der Waals surface area (Å²) in [6, 6.07) is 7.49. The third-order valence-corrected chi connectivity index (χ3v) is 1.82. The Morgan fingerprint density at radius 1 is 1.45 bits per heavy atom. The van der Waals surface area contributed by atoms with E-state index in [4.69, 9.17) is 0 Å². The molecule has 0 aliphatic rings. The molecular weight excluding hydrogens is 204 g/mol. The van der Waals surface area contributed by atoms with Crippen molar-refractivity contribution in [2.45, 2.75) is 6.42 Å². The van der Waals surface area contributed by atoms with E-state index < -0.39 is 0 Å². The fraction of sp³-hybridized carbons (Fsp3) is 0.222. The van der Waals surface area contributed by atoms with E-state index in [9.17, 15) is 4.79 Å². The highest BCUT2D eigenvalue weighted by Crippen LogP contribution is 2.04. The Morgan fingerprint density at radius 3 is 2.91 bits per heavy atom. The van der Waals surface area contributed by atoms with Crippen LogP contribution < -0.4 is 0 Å². The molecule has 0 fully saturated rings. The zero-order valence-corrected chi connectivity index (χ0v) is 7.60. The van der Waals surface area contributed by atoms with Crippen LogP contribution in [0.4, 0.5) is 0 Å². The summed E-state index contributed by atoms with van der Waals surface area (Å²) in [6.07, 6.45) is 2.81. The Labute approximate surface area is 74.6 Å². The van der Waals surface area contributed by atoms with Gasteiger partial charge in [-0.05, 0) is 18.1 Å². The lowest BCUT2D eigenvalue weighted by molar-refractivity contribution is 0.562. The van der Waals surface area contributed by atoms with E-state index in [1.807, 2.05) is 24.5 Å². The van der Waals surface area contributed by atoms with Gasteiger partial charge in [0.2, 0.25) is 6.29 Å². The monoisotopic (exact) mass is 211 g/mol. The molecule has 0 aliphatic heterocycles. The molecule has 57 valence electrons. The van der Waals surface area contributed by atoms with Crippen molar-refractivity contribution in [1.82, 2.24) is 0 Å². The highest BCUT2D eigenvalue weighted by molar-refractivity contribution is 9.09. The van der Waals surface area contributed by atoms with Crippen LogP contribution in [0.25, 0.3) is 0 Å². The van der Waals surface area contributed by atoms with E-state index in [1.54, 1.807) is 6.07 Å². The molecule has 0 aromatic heterocycles. The molecular formula is C9H8BrO. The molecule has 11 heavy (non-hydrogen) atoms. The summed E-state index contributed by atoms with van der Waals surface area (Å²) < 4.78 is 0. The first-order valence-corrected chi connectivity index (χ1v) is 4.52. The van der Waals surface area contributed by atoms with Crippen molar-refractivity contribution in [2.75, 3.05) is 5.33 Å². The van der Waals surface area contributed by atoms with E-state index in [-0.39, 0.29) is 0 Å². The van der Waals surface area contributed by atoms with Gasteiger partial charge in [-0.3, -0.25) is 4.79 Å². The van der Waals surface area contributed by atoms with Gasteiger partial charge in [0.05, 0.1) is 0 Å². The predicted octanol–water partition coefficient (Wildman–Crippen LogP) is 2.08. The van der Waals surface area contributed by atoms with Crippen LogP contribution in [0.3, 0.4) is 0 Å². The van der Waals surface area contributed by atoms with Crippen LogP contribution in [0.5, 0.6) is 0 Å². The number of hydrogen-bond acceptors (Lipinski definition) is 1. The van der Waals surface area contributed by atoms with E-state index in [0.717, 1.165) is 11.8 Å². The Hall–Kier alpha value is -0.630. The van der Waals surface area contributed by atoms with Crippen molar-refractivity contribution >= 4 is 22.2 Å². The van der Waals surface area contributed by atoms with Gasteiger partial charge in [-0.25, -0.2) is 0 Å². The van der Waals surface area contributed by atoms with Crippen molar-refractivity contribution < 1.29 is 4.79 Å². The van der Waals surface area contributed by atoms with Crippen molar-refractivity contribution in [2.24, 2.45) is 0 Å². The molecule has 1 radical (unpaired) electrons. The molecule has 1 aromatic carbocycles. The van der Waals surface area contributed by atoms with Crippen molar-refractivity contribution in [1.29, 1.82) is 0 Å². The highest BCUT2D eigenvalue weighted by atomic mass is 79.9. The van der Waals surface area contributed by atoms with E-state index in [2.05, 4.69) is 15.9 Å². The van der Waals surface area contributed by atoms with Crippen molar-refractivity contribution in [3.8, 4) is 0 Å². The second kappa shape index (κ2) is 4.29. The normalized spacial score (nSPS) is 9.55. The maximum absolute atomic E-state index is 10.2. The van der Waals surface area contributed by atoms with Gasteiger partial charge in [0, 0.05) is 10.9 Å². The highest BCUT2D eigenvalue weighted by Gasteiger charge is 1.93. The quantitative estimate of drug-likeness (QED) is 0.701. The summed E-state index contributed by atoms with van der Waals surface area (Å²) in [7, 11) is 0. The number of hydrogen-bond donors (Lipinski definition) is 0. The Kier molecular flexibility index (Phi) is 3.30. The predicted molar refractivity (Wildman–Crippen MR) is 48.7 cm³/mol. The van der Waals surface area contributed by atoms with Gasteiger partial charge in [0.25, 0.3) is 0 Å². The Balaban J connectivity index is 2.82. The summed E-state index contributed by atoms with van der Waals surface area (Å²) in [6.45, 7) is 0. The summed E-state index contributed by atoms with van der Waals surface area (Å²) in [5.74, 6) is 0. The van der Waals surface area contributed by atoms with Crippen molar-refractivity contribution in [3.63, 3.8) is 0 Å². The number of benzene rings is 1. The molecule has 1 aromatic rings. The molecule has 2 heteroatoms. The molecule has 0 saturated heterocycles. The standard InChI is InChI=1S/C9H8BrO/c10-5-4-8-2-1-3-9(6-8)7-11/h1-3,6H,4-5H2. The fourth-order valence-electron chi connectivity index (χ4n) is 0.899. The summed E-state index contributed by atoms with van der Waals surface area (Å²) >= 11 is 3.33. The van der Waals surface area contributed by atoms with Gasteiger partial charge < -0.3 is 0 Å². The first-order valence-electron chi connectivity index (χ1n) is 3.40. The van der Waals surface area contributed by atoms with Gasteiger partial charge in [-0.2, -0.15) is 0 Å². The number of rotatable bonds is 3. The zero-order valence-electron chi connectivity index (χ0n) is 6.01. The minimum atomic E-state index is 0.628. The Bertz CT molecular complexity index is 245. The van der Waals surface area contributed by atoms with E-state index in [0.29, 0.717) is 5.56 Å². The van der Waals surface area contributed by atoms with Crippen LogP contribution in [0.1, 0.15) is 11.1 Å². The van der Waals surface area contributed by atoms with Gasteiger partial charge in [-0.15, -0.1) is 0 Å². The smallest absolute Gasteiger partial charge is 0.233 e. The van der Waals surface area contributed by atoms with Crippen LogP contribution >= 0.6 is 15.9 Å². The first-order chi connectivity index (χ1) is 5.36. The topological polar surface area (TPSA) is 17.1 Å². The Morgan fingerprint density at radius 2 is 2.27 bits per heavy atom. The molecule has 1 rings (SSSR count). The van der Waals surface area contributed by atoms with E-state index >= 15 is 0 Å². The molecule has 0 unspecified atom stereocenters. The first kappa shape index (κ1) is 8.47. The molecule has 0 N–H and O–H groups in total. The average Bonchev–Trinajstić information content (AvgIpc) is 2.06. The maximum atomic E-state index is 10.2. The number of alkyl halides is 1. The van der Waals surface area contributed by atoms with E-state index in [1.165, 1.54) is 5.56 Å². The zero-order chi connectivity index (χ0) is 8.10. The lowest BCUT2D eigenvalue weighted by Gasteiger charge is -1.96. The lowest BCUT2D eigenvalue weighted by Crippen LogP contribution is -1.87. The summed E-state index contributed by atoms with van der Waals surface area (Å²) in [5, 5.41) is 0.926. The molecule has 0 amide bonds. The third-order valence-electron chi connectivity index (χ3n) is 1.43. The minimum Gasteiger partial charge on any atom is -0.285 e. The largest absolute Gasteiger partial charge is 0.285 e. The SMILES string of the molecule is O=[C]c1cccc(CCBr)c1. The molecule has 0 heterocycles. The molecule has 0 saturated carbocycles. The van der Waals surface area contributed by atoms with Gasteiger partial charge in [0.15, 0.2) is 0 Å². The maximum Gasteiger partial charge on any atom is 0.233 e. The lowest BCUT2D eigenvalue weighted by atomic mass is 10.1. The van der Waals surface area contributed by atoms with Gasteiger partial charge in [-0.1, -0.05) is 34.1 Å². The fourth-order valence-corrected chi connectivity index (χ4v) is 1.36. The van der Waals surface area contributed by atoms with Crippen LogP contribution in [0.15, 0.2) is 24.3 Å². The number of halogens is 1. The third kappa shape index (κ3) is 2.46. The van der Waals surface area contributed by atoms with Crippen molar-refractivity contribution in [3.05, 3.63) is 35.4 Å². The average molecular weight is 212 g/mol. The van der Waals surface area contributed by atoms with Gasteiger partial charge >= 0.3 is 0 Å². The summed E-state index contributed by atoms with van der Waals surface area (Å²) in [4.78, 5) is 10.2. The minimum absolute atomic E-state index is 0.628. The molecule has 0 atom stereocenters. The van der Waals surface area contributed by atoms with Gasteiger partial charge in [0.1, 0.15) is 0 Å². The number of carbonyl (C=O) groups excluding carboxylic acids is 1. The molecule has 0 bridgehead atoms. The van der Waals surface area contributed by atoms with Crippen LogP contribution in [-0.2, 0) is 11.2 Å². The second-order valence-corrected chi connectivity index (χ2v) is 3.03. The number of aryl methyl sites for hydroxylation is 1. The van der Waals surface area contributed by atoms with Crippen LogP contribution in [0.2, 0.25) is 0 Å². The molecule has 1 nitrogen and oxygen atoms in total. The van der Waals surface area contributed by atoms with Crippen LogP contribution in [-0.4, -0.2) is 11.6 Å². The molecule has 0 aliphatic carbocycles. The summed E-state index contributed by atoms with van der Waals surface area (Å²) in [5.41, 5.74) is 1.80.